The second-order valence-corrected chi connectivity index (χ2v) is 10.7. The van der Waals surface area contributed by atoms with Crippen LogP contribution in [0.4, 0.5) is 8.78 Å². The van der Waals surface area contributed by atoms with Crippen LogP contribution in [0.1, 0.15) is 84.0 Å². The topological polar surface area (TPSA) is 95.6 Å². The van der Waals surface area contributed by atoms with Gasteiger partial charge in [0.1, 0.15) is 22.6 Å². The van der Waals surface area contributed by atoms with Crippen LogP contribution in [-0.4, -0.2) is 56.1 Å². The fourth-order valence-electron chi connectivity index (χ4n) is 4.21. The molecule has 3 rings (SSSR count). The predicted molar refractivity (Wildman–Crippen MR) is 112 cm³/mol. The van der Waals surface area contributed by atoms with Crippen molar-refractivity contribution in [3.8, 4) is 0 Å². The summed E-state index contributed by atoms with van der Waals surface area (Å²) >= 11 is 0. The van der Waals surface area contributed by atoms with Crippen molar-refractivity contribution >= 4 is 28.7 Å². The van der Waals surface area contributed by atoms with Crippen molar-refractivity contribution in [3.63, 3.8) is 0 Å². The molecule has 2 unspecified atom stereocenters. The number of hydrogen-bond acceptors (Lipinski definition) is 4. The maximum absolute atomic E-state index is 14.5. The van der Waals surface area contributed by atoms with Gasteiger partial charge in [-0.25, -0.2) is 13.0 Å². The highest BCUT2D eigenvalue weighted by molar-refractivity contribution is 7.84. The van der Waals surface area contributed by atoms with E-state index in [0.29, 0.717) is 45.1 Å². The minimum Gasteiger partial charge on any atom is -0.340 e. The smallest absolute Gasteiger partial charge is 0.257 e. The molecular weight excluding hydrogens is 428 g/mol. The van der Waals surface area contributed by atoms with E-state index < -0.39 is 46.7 Å². The number of nitrogens with zero attached hydrogens (tertiary/aromatic N) is 1. The fourth-order valence-corrected chi connectivity index (χ4v) is 5.35. The highest BCUT2D eigenvalue weighted by Gasteiger charge is 2.44. The molecule has 0 radical (unpaired) electrons. The van der Waals surface area contributed by atoms with Crippen LogP contribution in [0.2, 0.25) is 0 Å². The van der Waals surface area contributed by atoms with Gasteiger partial charge in [-0.05, 0) is 51.9 Å². The van der Waals surface area contributed by atoms with E-state index in [-0.39, 0.29) is 30.4 Å². The lowest BCUT2D eigenvalue weighted by molar-refractivity contribution is -0.141. The lowest BCUT2D eigenvalue weighted by Crippen LogP contribution is -2.61. The Morgan fingerprint density at radius 2 is 1.77 bits per heavy atom. The zero-order chi connectivity index (χ0) is 22.6. The normalized spacial score (nSPS) is 31.7. The molecule has 0 aromatic carbocycles. The van der Waals surface area contributed by atoms with Gasteiger partial charge in [-0.3, -0.25) is 19.1 Å². The van der Waals surface area contributed by atoms with E-state index in [9.17, 15) is 27.4 Å². The first-order valence-electron chi connectivity index (χ1n) is 11.3. The molecule has 0 aromatic rings. The van der Waals surface area contributed by atoms with E-state index >= 15 is 0 Å². The Kier molecular flexibility index (Phi) is 7.70. The first-order valence-corrected chi connectivity index (χ1v) is 12.5. The molecule has 2 N–H and O–H groups in total. The molecule has 31 heavy (non-hydrogen) atoms. The quantitative estimate of drug-likeness (QED) is 0.675. The molecule has 2 aliphatic heterocycles. The first kappa shape index (κ1) is 24.1. The largest absolute Gasteiger partial charge is 0.340 e. The molecule has 3 amide bonds. The molecule has 3 atom stereocenters. The van der Waals surface area contributed by atoms with Crippen molar-refractivity contribution in [2.75, 3.05) is 6.54 Å². The third-order valence-electron chi connectivity index (χ3n) is 6.47. The van der Waals surface area contributed by atoms with Crippen LogP contribution in [0, 0.1) is 0 Å². The summed E-state index contributed by atoms with van der Waals surface area (Å²) in [5.41, 5.74) is -1.64. The molecule has 0 aromatic heterocycles. The van der Waals surface area contributed by atoms with E-state index in [1.165, 1.54) is 6.92 Å². The highest BCUT2D eigenvalue weighted by Crippen LogP contribution is 2.32. The molecule has 1 saturated carbocycles. The molecular formula is C21H33F2N3O4S. The Morgan fingerprint density at radius 1 is 1.06 bits per heavy atom. The maximum Gasteiger partial charge on any atom is 0.257 e. The van der Waals surface area contributed by atoms with Crippen molar-refractivity contribution in [1.29, 1.82) is 0 Å². The monoisotopic (exact) mass is 461 g/mol. The van der Waals surface area contributed by atoms with Crippen molar-refractivity contribution < 1.29 is 27.4 Å². The third-order valence-corrected chi connectivity index (χ3v) is 7.93. The zero-order valence-electron chi connectivity index (χ0n) is 18.1. The van der Waals surface area contributed by atoms with Crippen LogP contribution in [0.15, 0.2) is 0 Å². The molecule has 0 spiro atoms. The average Bonchev–Trinajstić information content (AvgIpc) is 3.44. The molecule has 176 valence electrons. The summed E-state index contributed by atoms with van der Waals surface area (Å²) in [5.74, 6) is -4.31. The van der Waals surface area contributed by atoms with Gasteiger partial charge in [0.2, 0.25) is 17.7 Å². The standard InChI is InChI=1S/C21H33F2N3O4S/c1-20(19(29)25-31(30)15-9-10-15)12-13-21(22,23)11-5-3-2-4-8-17(27)26-14-6-7-16(26)18(28)24-20/h15-16H,2-14H2,1H3,(H,24,28)(H,25,29)/t16?,20-,31?/m1/s1. The van der Waals surface area contributed by atoms with Crippen LogP contribution in [0.25, 0.3) is 0 Å². The number of alkyl halides is 2. The van der Waals surface area contributed by atoms with Gasteiger partial charge in [0.15, 0.2) is 0 Å². The van der Waals surface area contributed by atoms with Gasteiger partial charge in [0.25, 0.3) is 5.91 Å². The molecule has 2 saturated heterocycles. The number of rotatable bonds is 3. The Bertz CT molecular complexity index is 731. The van der Waals surface area contributed by atoms with Gasteiger partial charge in [-0.1, -0.05) is 12.8 Å². The number of amides is 3. The van der Waals surface area contributed by atoms with Crippen LogP contribution < -0.4 is 10.0 Å². The number of carbonyl (C=O) groups excluding carboxylic acids is 3. The minimum absolute atomic E-state index is 0.112. The molecule has 1 aliphatic carbocycles. The lowest BCUT2D eigenvalue weighted by Gasteiger charge is -2.33. The lowest BCUT2D eigenvalue weighted by atomic mass is 9.91. The number of fused-ring (bicyclic) bond motifs is 1. The first-order chi connectivity index (χ1) is 14.6. The van der Waals surface area contributed by atoms with Gasteiger partial charge in [-0.15, -0.1) is 0 Å². The van der Waals surface area contributed by atoms with E-state index in [0.717, 1.165) is 12.8 Å². The summed E-state index contributed by atoms with van der Waals surface area (Å²) < 4.78 is 43.5. The van der Waals surface area contributed by atoms with Crippen LogP contribution >= 0.6 is 0 Å². The van der Waals surface area contributed by atoms with Gasteiger partial charge < -0.3 is 10.2 Å². The number of halogens is 2. The maximum atomic E-state index is 14.5. The van der Waals surface area contributed by atoms with E-state index in [2.05, 4.69) is 10.0 Å². The molecule has 7 nitrogen and oxygen atoms in total. The SMILES string of the molecule is C[C@]1(C(=O)NS(=O)C2CC2)CCC(F)(F)CCCCCCC(=O)N2CCCC2C(=O)N1. The summed E-state index contributed by atoms with van der Waals surface area (Å²) in [6, 6.07) is -0.709. The van der Waals surface area contributed by atoms with Crippen molar-refractivity contribution in [3.05, 3.63) is 0 Å². The Labute approximate surface area is 184 Å². The molecule has 10 heteroatoms. The van der Waals surface area contributed by atoms with Crippen molar-refractivity contribution in [1.82, 2.24) is 14.9 Å². The highest BCUT2D eigenvalue weighted by atomic mass is 32.2. The summed E-state index contributed by atoms with van der Waals surface area (Å²) in [6.45, 7) is 1.88. The summed E-state index contributed by atoms with van der Waals surface area (Å²) in [6.07, 6.45) is 4.06. The summed E-state index contributed by atoms with van der Waals surface area (Å²) in [7, 11) is -1.59. The van der Waals surface area contributed by atoms with E-state index in [4.69, 9.17) is 0 Å². The van der Waals surface area contributed by atoms with Gasteiger partial charge in [-0.2, -0.15) is 0 Å². The van der Waals surface area contributed by atoms with E-state index in [1.54, 1.807) is 4.90 Å². The minimum atomic E-state index is -2.96. The van der Waals surface area contributed by atoms with Gasteiger partial charge in [0.05, 0.1) is 5.25 Å². The van der Waals surface area contributed by atoms with Crippen LogP contribution in [0.5, 0.6) is 0 Å². The van der Waals surface area contributed by atoms with Crippen molar-refractivity contribution in [2.45, 2.75) is 107 Å². The van der Waals surface area contributed by atoms with Crippen LogP contribution in [-0.2, 0) is 25.4 Å². The molecule has 3 aliphatic rings. The Hall–Kier alpha value is -1.58. The second-order valence-electron chi connectivity index (χ2n) is 9.26. The zero-order valence-corrected chi connectivity index (χ0v) is 18.9. The summed E-state index contributed by atoms with van der Waals surface area (Å²) in [5, 5.41) is 2.53. The van der Waals surface area contributed by atoms with Gasteiger partial charge >= 0.3 is 0 Å². The Balaban J connectivity index is 1.80. The van der Waals surface area contributed by atoms with Crippen LogP contribution in [0.3, 0.4) is 0 Å². The van der Waals surface area contributed by atoms with Crippen molar-refractivity contribution in [2.24, 2.45) is 0 Å². The number of carbonyl (C=O) groups is 3. The molecule has 3 fully saturated rings. The number of nitrogens with one attached hydrogen (secondary N) is 2. The van der Waals surface area contributed by atoms with E-state index in [1.807, 2.05) is 0 Å². The second kappa shape index (κ2) is 9.92. The molecule has 2 heterocycles. The average molecular weight is 462 g/mol. The predicted octanol–water partition coefficient (Wildman–Crippen LogP) is 2.56. The number of hydrogen-bond donors (Lipinski definition) is 2. The fraction of sp³-hybridized carbons (Fsp3) is 0.857. The Morgan fingerprint density at radius 3 is 2.48 bits per heavy atom. The third kappa shape index (κ3) is 6.46. The summed E-state index contributed by atoms with van der Waals surface area (Å²) in [4.78, 5) is 40.1. The van der Waals surface area contributed by atoms with Gasteiger partial charge in [0, 0.05) is 25.8 Å². The molecule has 0 bridgehead atoms.